The SMILES string of the molecule is CC(Nc1ccc(C(C)(C)C#N)cc1)c1ccc(Br)cc1. The predicted octanol–water partition coefficient (Wildman–Crippen LogP) is 5.42. The number of nitriles is 1. The van der Waals surface area contributed by atoms with Gasteiger partial charge in [0.05, 0.1) is 11.5 Å². The molecule has 0 heterocycles. The number of anilines is 1. The van der Waals surface area contributed by atoms with Gasteiger partial charge in [0.1, 0.15) is 0 Å². The van der Waals surface area contributed by atoms with Crippen LogP contribution in [0.4, 0.5) is 5.69 Å². The second-order valence-corrected chi connectivity index (χ2v) is 6.65. The van der Waals surface area contributed by atoms with Crippen LogP contribution in [0, 0.1) is 11.3 Å². The lowest BCUT2D eigenvalue weighted by molar-refractivity contribution is 0.687. The fourth-order valence-electron chi connectivity index (χ4n) is 2.13. The van der Waals surface area contributed by atoms with Gasteiger partial charge in [0, 0.05) is 16.2 Å². The van der Waals surface area contributed by atoms with Gasteiger partial charge in [0.2, 0.25) is 0 Å². The Balaban J connectivity index is 2.10. The van der Waals surface area contributed by atoms with Crippen molar-refractivity contribution >= 4 is 21.6 Å². The Labute approximate surface area is 134 Å². The van der Waals surface area contributed by atoms with Crippen LogP contribution in [-0.2, 0) is 5.41 Å². The minimum Gasteiger partial charge on any atom is -0.379 e. The van der Waals surface area contributed by atoms with Crippen molar-refractivity contribution in [2.24, 2.45) is 0 Å². The third-order valence-electron chi connectivity index (χ3n) is 3.64. The molecule has 3 heteroatoms. The second kappa shape index (κ2) is 6.32. The summed E-state index contributed by atoms with van der Waals surface area (Å²) < 4.78 is 1.08. The summed E-state index contributed by atoms with van der Waals surface area (Å²) in [5.74, 6) is 0. The highest BCUT2D eigenvalue weighted by atomic mass is 79.9. The molecule has 0 aliphatic heterocycles. The minimum atomic E-state index is -0.449. The average molecular weight is 343 g/mol. The molecule has 1 unspecified atom stereocenters. The van der Waals surface area contributed by atoms with Gasteiger partial charge in [-0.25, -0.2) is 0 Å². The maximum Gasteiger partial charge on any atom is 0.0766 e. The molecule has 0 bridgehead atoms. The van der Waals surface area contributed by atoms with E-state index in [4.69, 9.17) is 5.26 Å². The van der Waals surface area contributed by atoms with Gasteiger partial charge in [-0.1, -0.05) is 40.2 Å². The van der Waals surface area contributed by atoms with Crippen molar-refractivity contribution in [2.75, 3.05) is 5.32 Å². The van der Waals surface area contributed by atoms with Crippen molar-refractivity contribution in [1.82, 2.24) is 0 Å². The van der Waals surface area contributed by atoms with Gasteiger partial charge in [-0.3, -0.25) is 0 Å². The summed E-state index contributed by atoms with van der Waals surface area (Å²) in [6.07, 6.45) is 0. The van der Waals surface area contributed by atoms with Crippen LogP contribution in [0.2, 0.25) is 0 Å². The van der Waals surface area contributed by atoms with Gasteiger partial charge < -0.3 is 5.32 Å². The molecule has 0 aliphatic rings. The lowest BCUT2D eigenvalue weighted by Crippen LogP contribution is -2.14. The van der Waals surface area contributed by atoms with Crippen LogP contribution in [0.5, 0.6) is 0 Å². The van der Waals surface area contributed by atoms with Gasteiger partial charge in [-0.15, -0.1) is 0 Å². The Morgan fingerprint density at radius 1 is 1.05 bits per heavy atom. The number of hydrogen-bond acceptors (Lipinski definition) is 2. The van der Waals surface area contributed by atoms with E-state index in [1.54, 1.807) is 0 Å². The van der Waals surface area contributed by atoms with Crippen molar-refractivity contribution < 1.29 is 0 Å². The van der Waals surface area contributed by atoms with E-state index in [0.29, 0.717) is 0 Å². The average Bonchev–Trinajstić information content (AvgIpc) is 2.48. The molecule has 2 aromatic carbocycles. The zero-order valence-electron chi connectivity index (χ0n) is 12.5. The first-order chi connectivity index (χ1) is 9.92. The first kappa shape index (κ1) is 15.6. The first-order valence-electron chi connectivity index (χ1n) is 6.96. The van der Waals surface area contributed by atoms with Gasteiger partial charge >= 0.3 is 0 Å². The molecule has 21 heavy (non-hydrogen) atoms. The van der Waals surface area contributed by atoms with E-state index in [9.17, 15) is 0 Å². The van der Waals surface area contributed by atoms with E-state index < -0.39 is 5.41 Å². The summed E-state index contributed by atoms with van der Waals surface area (Å²) >= 11 is 3.45. The zero-order chi connectivity index (χ0) is 15.5. The lowest BCUT2D eigenvalue weighted by Gasteiger charge is -2.19. The number of nitrogens with zero attached hydrogens (tertiary/aromatic N) is 1. The molecule has 0 saturated heterocycles. The van der Waals surface area contributed by atoms with Crippen LogP contribution in [0.1, 0.15) is 37.9 Å². The molecule has 0 amide bonds. The molecule has 108 valence electrons. The maximum absolute atomic E-state index is 9.16. The van der Waals surface area contributed by atoms with Crippen LogP contribution in [-0.4, -0.2) is 0 Å². The Morgan fingerprint density at radius 2 is 1.62 bits per heavy atom. The van der Waals surface area contributed by atoms with Gasteiger partial charge in [0.15, 0.2) is 0 Å². The van der Waals surface area contributed by atoms with Crippen molar-refractivity contribution in [3.8, 4) is 6.07 Å². The van der Waals surface area contributed by atoms with E-state index in [1.807, 2.05) is 50.2 Å². The third kappa shape index (κ3) is 3.86. The molecular formula is C18H19BrN2. The molecule has 0 radical (unpaired) electrons. The van der Waals surface area contributed by atoms with Crippen LogP contribution >= 0.6 is 15.9 Å². The number of rotatable bonds is 4. The second-order valence-electron chi connectivity index (χ2n) is 5.73. The maximum atomic E-state index is 9.16. The van der Waals surface area contributed by atoms with Crippen LogP contribution < -0.4 is 5.32 Å². The van der Waals surface area contributed by atoms with Crippen molar-refractivity contribution in [3.63, 3.8) is 0 Å². The summed E-state index contributed by atoms with van der Waals surface area (Å²) in [4.78, 5) is 0. The molecule has 0 spiro atoms. The first-order valence-corrected chi connectivity index (χ1v) is 7.75. The highest BCUT2D eigenvalue weighted by molar-refractivity contribution is 9.10. The molecule has 0 fully saturated rings. The summed E-state index contributed by atoms with van der Waals surface area (Å²) in [6.45, 7) is 6.00. The quantitative estimate of drug-likeness (QED) is 0.804. The monoisotopic (exact) mass is 342 g/mol. The molecule has 0 saturated carbocycles. The fraction of sp³-hybridized carbons (Fsp3) is 0.278. The highest BCUT2D eigenvalue weighted by Crippen LogP contribution is 2.25. The Morgan fingerprint density at radius 3 is 2.14 bits per heavy atom. The van der Waals surface area contributed by atoms with Crippen LogP contribution in [0.3, 0.4) is 0 Å². The smallest absolute Gasteiger partial charge is 0.0766 e. The zero-order valence-corrected chi connectivity index (χ0v) is 14.1. The van der Waals surface area contributed by atoms with Gasteiger partial charge in [-0.05, 0) is 56.2 Å². The van der Waals surface area contributed by atoms with E-state index in [0.717, 1.165) is 15.7 Å². The predicted molar refractivity (Wildman–Crippen MR) is 91.3 cm³/mol. The van der Waals surface area contributed by atoms with E-state index >= 15 is 0 Å². The molecular weight excluding hydrogens is 324 g/mol. The molecule has 1 atom stereocenters. The summed E-state index contributed by atoms with van der Waals surface area (Å²) in [7, 11) is 0. The Hall–Kier alpha value is -1.79. The standard InChI is InChI=1S/C18H19BrN2/c1-13(14-4-8-16(19)9-5-14)21-17-10-6-15(7-11-17)18(2,3)12-20/h4-11,13,21H,1-3H3. The number of benzene rings is 2. The topological polar surface area (TPSA) is 35.8 Å². The largest absolute Gasteiger partial charge is 0.379 e. The van der Waals surface area contributed by atoms with Crippen molar-refractivity contribution in [3.05, 3.63) is 64.1 Å². The number of nitrogens with one attached hydrogen (secondary N) is 1. The lowest BCUT2D eigenvalue weighted by atomic mass is 9.86. The molecule has 1 N–H and O–H groups in total. The minimum absolute atomic E-state index is 0.230. The van der Waals surface area contributed by atoms with Crippen LogP contribution in [0.15, 0.2) is 53.0 Å². The van der Waals surface area contributed by atoms with E-state index in [2.05, 4.69) is 46.4 Å². The molecule has 0 aliphatic carbocycles. The molecule has 2 aromatic rings. The fourth-order valence-corrected chi connectivity index (χ4v) is 2.40. The van der Waals surface area contributed by atoms with Gasteiger partial charge in [0.25, 0.3) is 0 Å². The number of hydrogen-bond donors (Lipinski definition) is 1. The highest BCUT2D eigenvalue weighted by Gasteiger charge is 2.19. The summed E-state index contributed by atoms with van der Waals surface area (Å²) in [5.41, 5.74) is 2.88. The molecule has 2 nitrogen and oxygen atoms in total. The van der Waals surface area contributed by atoms with Crippen molar-refractivity contribution in [1.29, 1.82) is 5.26 Å². The summed E-state index contributed by atoms with van der Waals surface area (Å²) in [5, 5.41) is 12.6. The molecule has 2 rings (SSSR count). The Kier molecular flexibility index (Phi) is 4.69. The molecule has 0 aromatic heterocycles. The third-order valence-corrected chi connectivity index (χ3v) is 4.17. The van der Waals surface area contributed by atoms with Crippen LogP contribution in [0.25, 0.3) is 0 Å². The van der Waals surface area contributed by atoms with E-state index in [1.165, 1.54) is 5.56 Å². The van der Waals surface area contributed by atoms with E-state index in [-0.39, 0.29) is 6.04 Å². The number of halogens is 1. The van der Waals surface area contributed by atoms with Crippen molar-refractivity contribution in [2.45, 2.75) is 32.2 Å². The van der Waals surface area contributed by atoms with Gasteiger partial charge in [-0.2, -0.15) is 5.26 Å². The normalized spacial score (nSPS) is 12.5. The Bertz CT molecular complexity index is 636. The summed E-state index contributed by atoms with van der Waals surface area (Å²) in [6, 6.07) is 19.0.